The zero-order valence-electron chi connectivity index (χ0n) is 10.3. The van der Waals surface area contributed by atoms with Gasteiger partial charge in [-0.15, -0.1) is 0 Å². The molecule has 0 aromatic heterocycles. The topological polar surface area (TPSA) is 26.0 Å². The van der Waals surface area contributed by atoms with Gasteiger partial charge in [-0.1, -0.05) is 53.5 Å². The highest BCUT2D eigenvalue weighted by Gasteiger charge is 2.18. The lowest BCUT2D eigenvalue weighted by molar-refractivity contribution is 0.904. The van der Waals surface area contributed by atoms with E-state index in [1.165, 1.54) is 11.1 Å². The van der Waals surface area contributed by atoms with Crippen LogP contribution in [0.2, 0.25) is 10.0 Å². The minimum atomic E-state index is 0.558. The van der Waals surface area contributed by atoms with Crippen LogP contribution in [-0.4, -0.2) is 0 Å². The first-order valence-electron chi connectivity index (χ1n) is 6.19. The third-order valence-electron chi connectivity index (χ3n) is 3.48. The molecule has 0 heterocycles. The fraction of sp³-hybridized carbons (Fsp3) is 0.125. The Morgan fingerprint density at radius 2 is 1.68 bits per heavy atom. The van der Waals surface area contributed by atoms with Gasteiger partial charge in [-0.05, 0) is 41.7 Å². The summed E-state index contributed by atoms with van der Waals surface area (Å²) in [6.45, 7) is 0. The zero-order chi connectivity index (χ0) is 13.4. The van der Waals surface area contributed by atoms with Gasteiger partial charge in [0.05, 0.1) is 10.0 Å². The average Bonchev–Trinajstić information content (AvgIpc) is 2.42. The van der Waals surface area contributed by atoms with Crippen molar-refractivity contribution in [3.63, 3.8) is 0 Å². The van der Waals surface area contributed by atoms with Crippen molar-refractivity contribution in [2.24, 2.45) is 5.73 Å². The van der Waals surface area contributed by atoms with Crippen molar-refractivity contribution in [2.75, 3.05) is 0 Å². The van der Waals surface area contributed by atoms with Crippen LogP contribution in [0, 0.1) is 0 Å². The van der Waals surface area contributed by atoms with E-state index in [4.69, 9.17) is 28.9 Å². The molecule has 1 aliphatic rings. The molecule has 3 rings (SSSR count). The minimum Gasteiger partial charge on any atom is -0.402 e. The predicted molar refractivity (Wildman–Crippen MR) is 81.4 cm³/mol. The lowest BCUT2D eigenvalue weighted by atomic mass is 9.85. The maximum absolute atomic E-state index is 6.22. The monoisotopic (exact) mass is 289 g/mol. The van der Waals surface area contributed by atoms with Gasteiger partial charge in [-0.2, -0.15) is 0 Å². The van der Waals surface area contributed by atoms with Gasteiger partial charge < -0.3 is 5.73 Å². The number of benzene rings is 2. The summed E-state index contributed by atoms with van der Waals surface area (Å²) >= 11 is 12.1. The number of rotatable bonds is 1. The Morgan fingerprint density at radius 1 is 0.895 bits per heavy atom. The fourth-order valence-corrected chi connectivity index (χ4v) is 2.84. The van der Waals surface area contributed by atoms with E-state index in [1.54, 1.807) is 0 Å². The van der Waals surface area contributed by atoms with Gasteiger partial charge in [-0.3, -0.25) is 0 Å². The van der Waals surface area contributed by atoms with Gasteiger partial charge in [0, 0.05) is 11.3 Å². The average molecular weight is 290 g/mol. The summed E-state index contributed by atoms with van der Waals surface area (Å²) < 4.78 is 0. The number of halogens is 2. The molecule has 0 fully saturated rings. The Kier molecular flexibility index (Phi) is 3.26. The first-order chi connectivity index (χ1) is 9.16. The van der Waals surface area contributed by atoms with E-state index in [2.05, 4.69) is 18.2 Å². The molecule has 2 aromatic rings. The van der Waals surface area contributed by atoms with Crippen LogP contribution in [-0.2, 0) is 6.42 Å². The molecule has 0 amide bonds. The highest BCUT2D eigenvalue weighted by molar-refractivity contribution is 6.42. The molecular formula is C16H13Cl2N. The maximum atomic E-state index is 6.22. The Labute approximate surface area is 122 Å². The van der Waals surface area contributed by atoms with Crippen LogP contribution in [0.25, 0.3) is 5.57 Å². The van der Waals surface area contributed by atoms with E-state index in [1.807, 2.05) is 24.3 Å². The lowest BCUT2D eigenvalue weighted by Crippen LogP contribution is -2.11. The van der Waals surface area contributed by atoms with E-state index < -0.39 is 0 Å². The summed E-state index contributed by atoms with van der Waals surface area (Å²) in [5.41, 5.74) is 11.8. The van der Waals surface area contributed by atoms with E-state index in [0.29, 0.717) is 10.0 Å². The Bertz CT molecular complexity index is 674. The molecule has 96 valence electrons. The number of fused-ring (bicyclic) bond motifs is 1. The van der Waals surface area contributed by atoms with E-state index in [-0.39, 0.29) is 0 Å². The molecule has 3 heteroatoms. The quantitative estimate of drug-likeness (QED) is 0.812. The minimum absolute atomic E-state index is 0.558. The van der Waals surface area contributed by atoms with Gasteiger partial charge >= 0.3 is 0 Å². The number of allylic oxidation sites excluding steroid dienone is 1. The summed E-state index contributed by atoms with van der Waals surface area (Å²) in [6, 6.07) is 14.0. The highest BCUT2D eigenvalue weighted by Crippen LogP contribution is 2.36. The second-order valence-electron chi connectivity index (χ2n) is 4.69. The first kappa shape index (κ1) is 12.6. The molecule has 19 heavy (non-hydrogen) atoms. The molecule has 1 nitrogen and oxygen atoms in total. The van der Waals surface area contributed by atoms with Crippen LogP contribution in [0.1, 0.15) is 23.1 Å². The molecule has 0 unspecified atom stereocenters. The van der Waals surface area contributed by atoms with Crippen LogP contribution < -0.4 is 5.73 Å². The summed E-state index contributed by atoms with van der Waals surface area (Å²) in [4.78, 5) is 0. The number of aryl methyl sites for hydroxylation is 1. The molecule has 0 saturated carbocycles. The number of hydrogen-bond donors (Lipinski definition) is 1. The van der Waals surface area contributed by atoms with Crippen molar-refractivity contribution in [2.45, 2.75) is 12.8 Å². The molecule has 0 radical (unpaired) electrons. The van der Waals surface area contributed by atoms with E-state index in [9.17, 15) is 0 Å². The molecular weight excluding hydrogens is 277 g/mol. The second kappa shape index (κ2) is 4.92. The fourth-order valence-electron chi connectivity index (χ4n) is 2.54. The Balaban J connectivity index is 2.19. The summed E-state index contributed by atoms with van der Waals surface area (Å²) in [5, 5.41) is 1.12. The molecule has 2 N–H and O–H groups in total. The van der Waals surface area contributed by atoms with Crippen LogP contribution in [0.4, 0.5) is 0 Å². The molecule has 0 atom stereocenters. The largest absolute Gasteiger partial charge is 0.402 e. The Hall–Kier alpha value is -1.44. The molecule has 0 spiro atoms. The van der Waals surface area contributed by atoms with Crippen LogP contribution in [0.15, 0.2) is 48.2 Å². The third kappa shape index (κ3) is 2.24. The third-order valence-corrected chi connectivity index (χ3v) is 4.22. The second-order valence-corrected chi connectivity index (χ2v) is 5.50. The predicted octanol–water partition coefficient (Wildman–Crippen LogP) is 4.66. The number of nitrogens with two attached hydrogens (primary N) is 1. The highest BCUT2D eigenvalue weighted by atomic mass is 35.5. The van der Waals surface area contributed by atoms with Gasteiger partial charge in [0.15, 0.2) is 0 Å². The maximum Gasteiger partial charge on any atom is 0.0598 e. The zero-order valence-corrected chi connectivity index (χ0v) is 11.8. The van der Waals surface area contributed by atoms with Gasteiger partial charge in [0.2, 0.25) is 0 Å². The smallest absolute Gasteiger partial charge is 0.0598 e. The van der Waals surface area contributed by atoms with Crippen molar-refractivity contribution in [1.82, 2.24) is 0 Å². The normalized spacial score (nSPS) is 14.4. The molecule has 1 aliphatic carbocycles. The first-order valence-corrected chi connectivity index (χ1v) is 6.95. The van der Waals surface area contributed by atoms with Gasteiger partial charge in [0.25, 0.3) is 0 Å². The SMILES string of the molecule is NC1=C(c2ccc(Cl)c(Cl)c2)c2ccccc2CC1. The van der Waals surface area contributed by atoms with Crippen LogP contribution in [0.3, 0.4) is 0 Å². The van der Waals surface area contributed by atoms with Crippen molar-refractivity contribution in [1.29, 1.82) is 0 Å². The van der Waals surface area contributed by atoms with Crippen LogP contribution >= 0.6 is 23.2 Å². The summed E-state index contributed by atoms with van der Waals surface area (Å²) in [7, 11) is 0. The molecule has 0 bridgehead atoms. The number of hydrogen-bond acceptors (Lipinski definition) is 1. The standard InChI is InChI=1S/C16H13Cl2N/c17-13-7-5-11(9-14(13)18)16-12-4-2-1-3-10(12)6-8-15(16)19/h1-5,7,9H,6,8,19H2. The van der Waals surface area contributed by atoms with Crippen molar-refractivity contribution in [3.8, 4) is 0 Å². The Morgan fingerprint density at radius 3 is 2.47 bits per heavy atom. The van der Waals surface area contributed by atoms with Crippen molar-refractivity contribution in [3.05, 3.63) is 74.9 Å². The molecule has 0 saturated heterocycles. The van der Waals surface area contributed by atoms with E-state index in [0.717, 1.165) is 29.7 Å². The van der Waals surface area contributed by atoms with E-state index >= 15 is 0 Å². The van der Waals surface area contributed by atoms with Gasteiger partial charge in [0.1, 0.15) is 0 Å². The molecule has 2 aromatic carbocycles. The van der Waals surface area contributed by atoms with Crippen LogP contribution in [0.5, 0.6) is 0 Å². The molecule has 0 aliphatic heterocycles. The van der Waals surface area contributed by atoms with Crippen molar-refractivity contribution >= 4 is 28.8 Å². The summed E-state index contributed by atoms with van der Waals surface area (Å²) in [5.74, 6) is 0. The summed E-state index contributed by atoms with van der Waals surface area (Å²) in [6.07, 6.45) is 1.87. The van der Waals surface area contributed by atoms with Gasteiger partial charge in [-0.25, -0.2) is 0 Å². The lowest BCUT2D eigenvalue weighted by Gasteiger charge is -2.21. The van der Waals surface area contributed by atoms with Crippen molar-refractivity contribution < 1.29 is 0 Å².